The van der Waals surface area contributed by atoms with E-state index in [4.69, 9.17) is 4.74 Å². The van der Waals surface area contributed by atoms with E-state index in [1.807, 2.05) is 43.3 Å². The fourth-order valence-corrected chi connectivity index (χ4v) is 5.44. The van der Waals surface area contributed by atoms with Crippen LogP contribution in [0.4, 0.5) is 0 Å². The van der Waals surface area contributed by atoms with E-state index in [1.165, 1.54) is 32.4 Å². The number of phenolic OH excluding ortho intramolecular Hbond substituents is 1. The molecule has 6 heteroatoms. The van der Waals surface area contributed by atoms with Crippen molar-refractivity contribution in [2.45, 2.75) is 51.5 Å². The largest absolute Gasteiger partial charge is 0.508 e. The highest BCUT2D eigenvalue weighted by molar-refractivity contribution is 5.95. The van der Waals surface area contributed by atoms with Gasteiger partial charge in [-0.05, 0) is 86.7 Å². The van der Waals surface area contributed by atoms with E-state index < -0.39 is 0 Å². The topological polar surface area (TPSA) is 77.6 Å². The molecule has 0 radical (unpaired) electrons. The van der Waals surface area contributed by atoms with Gasteiger partial charge in [-0.2, -0.15) is 0 Å². The summed E-state index contributed by atoms with van der Waals surface area (Å²) in [4.78, 5) is 19.2. The molecule has 204 valence electrons. The van der Waals surface area contributed by atoms with Crippen molar-refractivity contribution in [2.75, 3.05) is 26.2 Å². The van der Waals surface area contributed by atoms with Crippen LogP contribution in [0.2, 0.25) is 0 Å². The third-order valence-corrected chi connectivity index (χ3v) is 7.61. The highest BCUT2D eigenvalue weighted by Crippen LogP contribution is 2.33. The lowest BCUT2D eigenvalue weighted by molar-refractivity contribution is -0.121. The van der Waals surface area contributed by atoms with Crippen molar-refractivity contribution in [3.63, 3.8) is 0 Å². The Labute approximate surface area is 231 Å². The summed E-state index contributed by atoms with van der Waals surface area (Å²) in [6.45, 7) is 6.00. The molecule has 4 aromatic rings. The molecule has 0 saturated carbocycles. The molecule has 1 fully saturated rings. The predicted octanol–water partition coefficient (Wildman–Crippen LogP) is 6.09. The monoisotopic (exact) mass is 525 g/mol. The summed E-state index contributed by atoms with van der Waals surface area (Å²) in [5.41, 5.74) is 5.16. The number of fused-ring (bicyclic) bond motifs is 1. The average molecular weight is 526 g/mol. The van der Waals surface area contributed by atoms with Crippen molar-refractivity contribution >= 4 is 16.8 Å². The first-order valence-electron chi connectivity index (χ1n) is 14.2. The number of aryl methyl sites for hydroxylation is 1. The van der Waals surface area contributed by atoms with E-state index in [0.29, 0.717) is 13.0 Å². The van der Waals surface area contributed by atoms with Crippen LogP contribution in [0.5, 0.6) is 11.5 Å². The standard InChI is InChI=1S/C33H39N3O3/c1-24(10-11-25-12-14-27(37)15-13-25)34-32(38)23-30-29-17-16-28(39-21-20-36-18-6-3-7-19-36)22-31(29)35-33(30)26-8-4-2-5-9-26/h2,4-5,8-9,12-17,22,24,35,37H,3,6-7,10-11,18-21,23H2,1H3,(H,34,38). The second kappa shape index (κ2) is 12.9. The first kappa shape index (κ1) is 26.8. The van der Waals surface area contributed by atoms with E-state index in [0.717, 1.165) is 58.4 Å². The van der Waals surface area contributed by atoms with Crippen molar-refractivity contribution in [1.82, 2.24) is 15.2 Å². The lowest BCUT2D eigenvalue weighted by Crippen LogP contribution is -2.34. The number of benzene rings is 3. The highest BCUT2D eigenvalue weighted by atomic mass is 16.5. The van der Waals surface area contributed by atoms with Gasteiger partial charge in [-0.1, -0.05) is 48.9 Å². The molecule has 1 saturated heterocycles. The van der Waals surface area contributed by atoms with Gasteiger partial charge in [-0.25, -0.2) is 0 Å². The van der Waals surface area contributed by atoms with Crippen LogP contribution in [0, 0.1) is 0 Å². The number of aromatic amines is 1. The second-order valence-corrected chi connectivity index (χ2v) is 10.7. The van der Waals surface area contributed by atoms with Gasteiger partial charge in [0.05, 0.1) is 12.1 Å². The molecule has 1 amide bonds. The SMILES string of the molecule is CC(CCc1ccc(O)cc1)NC(=O)Cc1c(-c2ccccc2)[nH]c2cc(OCCN3CCCCC3)ccc12. The molecule has 0 bridgehead atoms. The van der Waals surface area contributed by atoms with Gasteiger partial charge >= 0.3 is 0 Å². The Morgan fingerprint density at radius 1 is 1.03 bits per heavy atom. The molecule has 1 aliphatic heterocycles. The number of hydrogen-bond acceptors (Lipinski definition) is 4. The lowest BCUT2D eigenvalue weighted by atomic mass is 10.0. The number of likely N-dealkylation sites (tertiary alicyclic amines) is 1. The number of hydrogen-bond donors (Lipinski definition) is 3. The first-order chi connectivity index (χ1) is 19.0. The molecule has 1 unspecified atom stereocenters. The number of ether oxygens (including phenoxy) is 1. The molecular weight excluding hydrogens is 486 g/mol. The van der Waals surface area contributed by atoms with Crippen LogP contribution in [0.1, 0.15) is 43.7 Å². The lowest BCUT2D eigenvalue weighted by Gasteiger charge is -2.26. The van der Waals surface area contributed by atoms with Crippen LogP contribution in [0.3, 0.4) is 0 Å². The smallest absolute Gasteiger partial charge is 0.224 e. The normalized spacial score (nSPS) is 14.8. The highest BCUT2D eigenvalue weighted by Gasteiger charge is 2.18. The van der Waals surface area contributed by atoms with E-state index >= 15 is 0 Å². The molecule has 2 heterocycles. The van der Waals surface area contributed by atoms with Crippen molar-refractivity contribution in [1.29, 1.82) is 0 Å². The summed E-state index contributed by atoms with van der Waals surface area (Å²) in [7, 11) is 0. The molecule has 6 nitrogen and oxygen atoms in total. The van der Waals surface area contributed by atoms with Crippen LogP contribution in [0.15, 0.2) is 72.8 Å². The third kappa shape index (κ3) is 7.21. The number of nitrogens with zero attached hydrogens (tertiary/aromatic N) is 1. The van der Waals surface area contributed by atoms with E-state index in [9.17, 15) is 9.90 Å². The van der Waals surface area contributed by atoms with Gasteiger partial charge < -0.3 is 20.1 Å². The number of carbonyl (C=O) groups excluding carboxylic acids is 1. The fraction of sp³-hybridized carbons (Fsp3) is 0.364. The maximum Gasteiger partial charge on any atom is 0.224 e. The molecule has 3 aromatic carbocycles. The van der Waals surface area contributed by atoms with Gasteiger partial charge in [0, 0.05) is 29.6 Å². The van der Waals surface area contributed by atoms with Crippen molar-refractivity contribution < 1.29 is 14.6 Å². The summed E-state index contributed by atoms with van der Waals surface area (Å²) >= 11 is 0. The summed E-state index contributed by atoms with van der Waals surface area (Å²) < 4.78 is 6.12. The molecule has 0 spiro atoms. The molecule has 1 aliphatic rings. The van der Waals surface area contributed by atoms with E-state index in [1.54, 1.807) is 12.1 Å². The number of phenols is 1. The number of H-pyrrole nitrogens is 1. The number of aromatic hydroxyl groups is 1. The molecular formula is C33H39N3O3. The summed E-state index contributed by atoms with van der Waals surface area (Å²) in [6, 6.07) is 23.6. The van der Waals surface area contributed by atoms with Crippen molar-refractivity contribution in [2.24, 2.45) is 0 Å². The fourth-order valence-electron chi connectivity index (χ4n) is 5.44. The Bertz CT molecular complexity index is 1360. The molecule has 0 aliphatic carbocycles. The van der Waals surface area contributed by atoms with Gasteiger partial charge in [-0.15, -0.1) is 0 Å². The minimum Gasteiger partial charge on any atom is -0.508 e. The zero-order chi connectivity index (χ0) is 27.0. The van der Waals surface area contributed by atoms with Crippen LogP contribution < -0.4 is 10.1 Å². The summed E-state index contributed by atoms with van der Waals surface area (Å²) in [5, 5.41) is 13.7. The number of piperidine rings is 1. The van der Waals surface area contributed by atoms with E-state index in [-0.39, 0.29) is 17.7 Å². The van der Waals surface area contributed by atoms with Crippen LogP contribution in [0.25, 0.3) is 22.2 Å². The van der Waals surface area contributed by atoms with Gasteiger partial charge in [0.2, 0.25) is 5.91 Å². The number of carbonyl (C=O) groups is 1. The maximum atomic E-state index is 13.2. The molecule has 3 N–H and O–H groups in total. The van der Waals surface area contributed by atoms with Crippen molar-refractivity contribution in [3.8, 4) is 22.8 Å². The van der Waals surface area contributed by atoms with Gasteiger partial charge in [0.1, 0.15) is 18.1 Å². The third-order valence-electron chi connectivity index (χ3n) is 7.61. The summed E-state index contributed by atoms with van der Waals surface area (Å²) in [6.07, 6.45) is 5.86. The zero-order valence-electron chi connectivity index (χ0n) is 22.8. The first-order valence-corrected chi connectivity index (χ1v) is 14.2. The van der Waals surface area contributed by atoms with E-state index in [2.05, 4.69) is 39.5 Å². The number of nitrogens with one attached hydrogen (secondary N) is 2. The molecule has 1 atom stereocenters. The van der Waals surface area contributed by atoms with Crippen LogP contribution in [-0.4, -0.2) is 53.2 Å². The minimum atomic E-state index is 0.00754. The van der Waals surface area contributed by atoms with Gasteiger partial charge in [-0.3, -0.25) is 9.69 Å². The predicted molar refractivity (Wildman–Crippen MR) is 157 cm³/mol. The van der Waals surface area contributed by atoms with Crippen molar-refractivity contribution in [3.05, 3.63) is 83.9 Å². The van der Waals surface area contributed by atoms with Gasteiger partial charge in [0.15, 0.2) is 0 Å². The second-order valence-electron chi connectivity index (χ2n) is 10.7. The Kier molecular flexibility index (Phi) is 8.84. The zero-order valence-corrected chi connectivity index (χ0v) is 22.8. The number of amides is 1. The number of rotatable bonds is 11. The Balaban J connectivity index is 1.27. The molecule has 39 heavy (non-hydrogen) atoms. The van der Waals surface area contributed by atoms with Gasteiger partial charge in [0.25, 0.3) is 0 Å². The Morgan fingerprint density at radius 2 is 1.79 bits per heavy atom. The summed E-state index contributed by atoms with van der Waals surface area (Å²) in [5.74, 6) is 1.12. The average Bonchev–Trinajstić information content (AvgIpc) is 3.31. The maximum absolute atomic E-state index is 13.2. The Hall–Kier alpha value is -3.77. The minimum absolute atomic E-state index is 0.00754. The number of aromatic nitrogens is 1. The Morgan fingerprint density at radius 3 is 2.56 bits per heavy atom. The molecule has 5 rings (SSSR count). The van der Waals surface area contributed by atoms with Crippen LogP contribution in [-0.2, 0) is 17.6 Å². The molecule has 1 aromatic heterocycles. The van der Waals surface area contributed by atoms with Crippen LogP contribution >= 0.6 is 0 Å². The quantitative estimate of drug-likeness (QED) is 0.222.